The highest BCUT2D eigenvalue weighted by molar-refractivity contribution is 5.93. The van der Waals surface area contributed by atoms with Crippen molar-refractivity contribution in [1.82, 2.24) is 15.1 Å². The number of carbonyl (C=O) groups excluding carboxylic acids is 1. The van der Waals surface area contributed by atoms with Gasteiger partial charge in [0.25, 0.3) is 0 Å². The Labute approximate surface area is 203 Å². The predicted molar refractivity (Wildman–Crippen MR) is 137 cm³/mol. The molecule has 7 nitrogen and oxygen atoms in total. The van der Waals surface area contributed by atoms with E-state index in [1.807, 2.05) is 43.3 Å². The van der Waals surface area contributed by atoms with E-state index >= 15 is 0 Å². The van der Waals surface area contributed by atoms with Gasteiger partial charge in [0.2, 0.25) is 5.91 Å². The smallest absolute Gasteiger partial charge is 0.217 e. The van der Waals surface area contributed by atoms with Crippen LogP contribution in [-0.2, 0) is 9.53 Å². The van der Waals surface area contributed by atoms with Gasteiger partial charge in [0.1, 0.15) is 23.5 Å². The van der Waals surface area contributed by atoms with Crippen LogP contribution in [0.3, 0.4) is 0 Å². The molecule has 3 rings (SSSR count). The molecule has 1 aromatic carbocycles. The summed E-state index contributed by atoms with van der Waals surface area (Å²) in [7, 11) is 0. The zero-order valence-electron chi connectivity index (χ0n) is 20.9. The van der Waals surface area contributed by atoms with Crippen LogP contribution in [0.4, 0.5) is 0 Å². The topological polar surface area (TPSA) is 66.4 Å². The van der Waals surface area contributed by atoms with Crippen LogP contribution >= 0.6 is 0 Å². The first-order valence-electron chi connectivity index (χ1n) is 12.0. The summed E-state index contributed by atoms with van der Waals surface area (Å²) in [4.78, 5) is 20.8. The molecule has 2 fully saturated rings. The van der Waals surface area contributed by atoms with Crippen LogP contribution in [0, 0.1) is 0 Å². The van der Waals surface area contributed by atoms with E-state index in [4.69, 9.17) is 14.5 Å². The number of aliphatic imine (C=N–C) groups is 1. The van der Waals surface area contributed by atoms with Gasteiger partial charge in [0.15, 0.2) is 0 Å². The van der Waals surface area contributed by atoms with E-state index in [0.717, 1.165) is 42.5 Å². The van der Waals surface area contributed by atoms with Gasteiger partial charge in [-0.3, -0.25) is 4.79 Å². The minimum Gasteiger partial charge on any atom is -0.489 e. The lowest BCUT2D eigenvalue weighted by Crippen LogP contribution is -2.52. The molecule has 0 aromatic heterocycles. The van der Waals surface area contributed by atoms with Gasteiger partial charge in [0, 0.05) is 19.9 Å². The molecule has 1 aromatic rings. The van der Waals surface area contributed by atoms with Crippen molar-refractivity contribution in [3.8, 4) is 5.75 Å². The van der Waals surface area contributed by atoms with Crippen molar-refractivity contribution < 1.29 is 14.3 Å². The first-order chi connectivity index (χ1) is 16.3. The van der Waals surface area contributed by atoms with Crippen molar-refractivity contribution in [2.45, 2.75) is 58.3 Å². The van der Waals surface area contributed by atoms with E-state index in [9.17, 15) is 4.79 Å². The molecule has 34 heavy (non-hydrogen) atoms. The number of amidine groups is 1. The maximum absolute atomic E-state index is 11.3. The molecule has 0 spiro atoms. The number of morpholine rings is 1. The Kier molecular flexibility index (Phi) is 8.93. The first kappa shape index (κ1) is 25.6. The van der Waals surface area contributed by atoms with Crippen molar-refractivity contribution in [2.75, 3.05) is 26.3 Å². The van der Waals surface area contributed by atoms with E-state index in [2.05, 4.69) is 42.1 Å². The van der Waals surface area contributed by atoms with Gasteiger partial charge in [-0.05, 0) is 50.6 Å². The third-order valence-electron chi connectivity index (χ3n) is 6.18. The Bertz CT molecular complexity index is 914. The average molecular weight is 467 g/mol. The van der Waals surface area contributed by atoms with Crippen LogP contribution in [-0.4, -0.2) is 66.0 Å². The summed E-state index contributed by atoms with van der Waals surface area (Å²) in [5, 5.41) is 2.90. The summed E-state index contributed by atoms with van der Waals surface area (Å²) in [5.41, 5.74) is 1.05. The number of rotatable bonds is 8. The molecule has 1 N–H and O–H groups in total. The Balaban J connectivity index is 1.66. The van der Waals surface area contributed by atoms with Crippen LogP contribution in [0.1, 0.15) is 45.7 Å². The third-order valence-corrected chi connectivity index (χ3v) is 6.18. The average Bonchev–Trinajstić information content (AvgIpc) is 3.26. The van der Waals surface area contributed by atoms with Crippen LogP contribution in [0.15, 0.2) is 66.5 Å². The molecule has 0 aliphatic carbocycles. The Hall–Kier alpha value is -3.06. The van der Waals surface area contributed by atoms with Crippen molar-refractivity contribution in [1.29, 1.82) is 0 Å². The molecule has 2 heterocycles. The minimum atomic E-state index is -0.0398. The summed E-state index contributed by atoms with van der Waals surface area (Å²) < 4.78 is 11.9. The summed E-state index contributed by atoms with van der Waals surface area (Å²) in [5.74, 6) is 2.50. The number of carbonyl (C=O) groups is 1. The zero-order valence-corrected chi connectivity index (χ0v) is 20.9. The van der Waals surface area contributed by atoms with Gasteiger partial charge in [-0.2, -0.15) is 0 Å². The van der Waals surface area contributed by atoms with E-state index in [0.29, 0.717) is 13.2 Å². The van der Waals surface area contributed by atoms with Crippen LogP contribution in [0.25, 0.3) is 0 Å². The summed E-state index contributed by atoms with van der Waals surface area (Å²) in [6.45, 7) is 18.6. The molecular weight excluding hydrogens is 428 g/mol. The van der Waals surface area contributed by atoms with Crippen molar-refractivity contribution in [3.63, 3.8) is 0 Å². The molecule has 2 aliphatic heterocycles. The normalized spacial score (nSPS) is 24.5. The summed E-state index contributed by atoms with van der Waals surface area (Å²) in [6.07, 6.45) is 6.51. The highest BCUT2D eigenvalue weighted by Gasteiger charge is 2.29. The maximum Gasteiger partial charge on any atom is 0.217 e. The summed E-state index contributed by atoms with van der Waals surface area (Å²) >= 11 is 0. The molecule has 184 valence electrons. The van der Waals surface area contributed by atoms with Gasteiger partial charge in [0.05, 0.1) is 37.9 Å². The molecule has 4 atom stereocenters. The number of nitrogens with one attached hydrogen (secondary N) is 1. The van der Waals surface area contributed by atoms with Crippen LogP contribution in [0.5, 0.6) is 5.75 Å². The Morgan fingerprint density at radius 2 is 1.91 bits per heavy atom. The molecule has 0 bridgehead atoms. The van der Waals surface area contributed by atoms with E-state index in [-0.39, 0.29) is 30.1 Å². The van der Waals surface area contributed by atoms with Gasteiger partial charge in [-0.1, -0.05) is 31.4 Å². The first-order valence-corrected chi connectivity index (χ1v) is 12.0. The number of hydrogen-bond acceptors (Lipinski definition) is 5. The van der Waals surface area contributed by atoms with Gasteiger partial charge < -0.3 is 24.6 Å². The quantitative estimate of drug-likeness (QED) is 0.356. The number of nitrogens with zero attached hydrogens (tertiary/aromatic N) is 3. The van der Waals surface area contributed by atoms with E-state index < -0.39 is 0 Å². The Morgan fingerprint density at radius 1 is 1.24 bits per heavy atom. The minimum absolute atomic E-state index is 0.0334. The van der Waals surface area contributed by atoms with Crippen LogP contribution in [0.2, 0.25) is 0 Å². The molecule has 2 saturated heterocycles. The standard InChI is InChI=1S/C27H38N4O3/c1-7-9-27(29-26(8-2)31-19(3)17-33-18-20(31)4)30-15-14-25(16-30)34-24-12-10-23(11-13-24)21(5)28-22(6)32/h7-13,19-21,25H,1-2,14-18H2,3-6H3,(H,28,32). The van der Waals surface area contributed by atoms with Crippen molar-refractivity contribution in [3.05, 3.63) is 67.0 Å². The fraction of sp³-hybridized carbons (Fsp3) is 0.481. The monoisotopic (exact) mass is 466 g/mol. The second-order valence-electron chi connectivity index (χ2n) is 9.04. The van der Waals surface area contributed by atoms with Crippen molar-refractivity contribution in [2.24, 2.45) is 4.99 Å². The number of hydrogen-bond donors (Lipinski definition) is 1. The predicted octanol–water partition coefficient (Wildman–Crippen LogP) is 4.06. The van der Waals surface area contributed by atoms with Crippen molar-refractivity contribution >= 4 is 11.7 Å². The molecule has 4 unspecified atom stereocenters. The third kappa shape index (κ3) is 6.50. The second kappa shape index (κ2) is 11.9. The number of ether oxygens (including phenoxy) is 2. The molecule has 7 heteroatoms. The fourth-order valence-corrected chi connectivity index (χ4v) is 4.55. The number of benzene rings is 1. The summed E-state index contributed by atoms with van der Waals surface area (Å²) in [6, 6.07) is 8.35. The zero-order chi connectivity index (χ0) is 24.7. The lowest BCUT2D eigenvalue weighted by Gasteiger charge is -2.40. The molecule has 0 saturated carbocycles. The number of allylic oxidation sites excluding steroid dienone is 2. The lowest BCUT2D eigenvalue weighted by atomic mass is 10.1. The highest BCUT2D eigenvalue weighted by atomic mass is 16.5. The lowest BCUT2D eigenvalue weighted by molar-refractivity contribution is -0.119. The van der Waals surface area contributed by atoms with Crippen LogP contribution < -0.4 is 10.1 Å². The molecule has 0 radical (unpaired) electrons. The second-order valence-corrected chi connectivity index (χ2v) is 9.04. The fourth-order valence-electron chi connectivity index (χ4n) is 4.55. The van der Waals surface area contributed by atoms with Gasteiger partial charge in [-0.25, -0.2) is 4.99 Å². The SMILES string of the molecule is C=CC=C(N=C(C=C)N1C(C)COCC1C)N1CCC(Oc2ccc(C(C)NC(C)=O)cc2)C1. The Morgan fingerprint density at radius 3 is 2.50 bits per heavy atom. The molecule has 2 aliphatic rings. The van der Waals surface area contributed by atoms with Gasteiger partial charge in [-0.15, -0.1) is 0 Å². The molecular formula is C27H38N4O3. The van der Waals surface area contributed by atoms with E-state index in [1.54, 1.807) is 6.08 Å². The maximum atomic E-state index is 11.3. The molecule has 1 amide bonds. The number of likely N-dealkylation sites (tertiary alicyclic amines) is 1. The largest absolute Gasteiger partial charge is 0.489 e. The van der Waals surface area contributed by atoms with E-state index in [1.165, 1.54) is 6.92 Å². The highest BCUT2D eigenvalue weighted by Crippen LogP contribution is 2.24. The number of amides is 1. The van der Waals surface area contributed by atoms with Gasteiger partial charge >= 0.3 is 0 Å².